The Balaban J connectivity index is 1.16. The molecule has 1 aromatic heterocycles. The van der Waals surface area contributed by atoms with Gasteiger partial charge in [-0.25, -0.2) is 0 Å². The van der Waals surface area contributed by atoms with Crippen molar-refractivity contribution in [1.29, 1.82) is 0 Å². The maximum atomic E-state index is 6.09. The van der Waals surface area contributed by atoms with Crippen LogP contribution in [0.2, 0.25) is 5.02 Å². The van der Waals surface area contributed by atoms with Crippen molar-refractivity contribution in [3.63, 3.8) is 0 Å². The molecule has 2 aliphatic carbocycles. The summed E-state index contributed by atoms with van der Waals surface area (Å²) in [6.07, 6.45) is 24.8. The van der Waals surface area contributed by atoms with Gasteiger partial charge in [-0.05, 0) is 43.7 Å². The molecule has 4 heteroatoms. The third-order valence-corrected chi connectivity index (χ3v) is 6.25. The molecule has 3 nitrogen and oxygen atoms in total. The zero-order valence-corrected chi connectivity index (χ0v) is 18.8. The zero-order valence-electron chi connectivity index (χ0n) is 18.1. The molecule has 0 aliphatic heterocycles. The Bertz CT molecular complexity index is 922. The number of pyridine rings is 1. The van der Waals surface area contributed by atoms with Crippen molar-refractivity contribution >= 4 is 28.2 Å². The van der Waals surface area contributed by atoms with Gasteiger partial charge < -0.3 is 10.2 Å². The molecular weight excluding hydrogens is 402 g/mol. The molecule has 2 aromatic rings. The second kappa shape index (κ2) is 11.3. The maximum absolute atomic E-state index is 6.09. The second-order valence-corrected chi connectivity index (χ2v) is 8.92. The smallest absolute Gasteiger partial charge is 0.0737 e. The van der Waals surface area contributed by atoms with E-state index in [9.17, 15) is 0 Å². The lowest BCUT2D eigenvalue weighted by Crippen LogP contribution is -2.32. The minimum absolute atomic E-state index is 0.573. The summed E-state index contributed by atoms with van der Waals surface area (Å²) in [5.41, 5.74) is 2.08. The number of allylic oxidation sites excluding steroid dienone is 4. The Morgan fingerprint density at radius 3 is 2.23 bits per heavy atom. The van der Waals surface area contributed by atoms with E-state index < -0.39 is 0 Å². The molecule has 1 aromatic carbocycles. The van der Waals surface area contributed by atoms with E-state index in [1.807, 2.05) is 30.5 Å². The minimum atomic E-state index is 0.573. The van der Waals surface area contributed by atoms with Crippen LogP contribution in [0.15, 0.2) is 79.1 Å². The summed E-state index contributed by atoms with van der Waals surface area (Å²) in [5, 5.41) is 5.44. The van der Waals surface area contributed by atoms with Crippen molar-refractivity contribution in [2.75, 3.05) is 31.5 Å². The average Bonchev–Trinajstić information content (AvgIpc) is 3.47. The summed E-state index contributed by atoms with van der Waals surface area (Å²) in [4.78, 5) is 7.06. The number of nitrogens with zero attached hydrogens (tertiary/aromatic N) is 2. The first-order chi connectivity index (χ1) is 15.3. The molecule has 0 radical (unpaired) electrons. The molecule has 0 spiro atoms. The molecule has 0 saturated carbocycles. The van der Waals surface area contributed by atoms with Crippen molar-refractivity contribution in [2.24, 2.45) is 11.8 Å². The fraction of sp³-hybridized carbons (Fsp3) is 0.370. The lowest BCUT2D eigenvalue weighted by Gasteiger charge is -2.26. The molecule has 0 unspecified atom stereocenters. The Labute approximate surface area is 191 Å². The lowest BCUT2D eigenvalue weighted by atomic mass is 10.1. The Hall–Kier alpha value is -2.36. The van der Waals surface area contributed by atoms with Gasteiger partial charge in [0.05, 0.1) is 5.52 Å². The van der Waals surface area contributed by atoms with Crippen molar-refractivity contribution in [3.05, 3.63) is 84.1 Å². The molecule has 0 saturated heterocycles. The van der Waals surface area contributed by atoms with Crippen molar-refractivity contribution < 1.29 is 0 Å². The number of fused-ring (bicyclic) bond motifs is 1. The van der Waals surface area contributed by atoms with Gasteiger partial charge >= 0.3 is 0 Å². The summed E-state index contributed by atoms with van der Waals surface area (Å²) in [5.74, 6) is 1.15. The number of hydrogen-bond donors (Lipinski definition) is 1. The number of halogens is 1. The van der Waals surface area contributed by atoms with Gasteiger partial charge in [-0.15, -0.1) is 0 Å². The van der Waals surface area contributed by atoms with E-state index in [0.29, 0.717) is 11.8 Å². The van der Waals surface area contributed by atoms with Gasteiger partial charge in [0.2, 0.25) is 0 Å². The summed E-state index contributed by atoms with van der Waals surface area (Å²) < 4.78 is 0. The number of aromatic nitrogens is 1. The Kier molecular flexibility index (Phi) is 7.98. The first-order valence-corrected chi connectivity index (χ1v) is 11.9. The summed E-state index contributed by atoms with van der Waals surface area (Å²) in [7, 11) is 0. The van der Waals surface area contributed by atoms with Gasteiger partial charge in [0.25, 0.3) is 0 Å². The largest absolute Gasteiger partial charge is 0.384 e. The Morgan fingerprint density at radius 2 is 1.52 bits per heavy atom. The highest BCUT2D eigenvalue weighted by molar-refractivity contribution is 6.31. The van der Waals surface area contributed by atoms with Gasteiger partial charge in [-0.1, -0.05) is 73.1 Å². The quantitative estimate of drug-likeness (QED) is 0.380. The van der Waals surface area contributed by atoms with Crippen LogP contribution in [0.25, 0.3) is 10.9 Å². The molecule has 1 N–H and O–H groups in total. The molecule has 0 fully saturated rings. The molecule has 1 heterocycles. The number of anilines is 1. The zero-order chi connectivity index (χ0) is 21.3. The van der Waals surface area contributed by atoms with Gasteiger partial charge in [0.1, 0.15) is 0 Å². The van der Waals surface area contributed by atoms with Crippen LogP contribution in [0, 0.1) is 11.8 Å². The van der Waals surface area contributed by atoms with Crippen LogP contribution >= 0.6 is 11.6 Å². The number of hydrogen-bond acceptors (Lipinski definition) is 3. The third-order valence-electron chi connectivity index (χ3n) is 6.01. The second-order valence-electron chi connectivity index (χ2n) is 8.49. The van der Waals surface area contributed by atoms with Crippen molar-refractivity contribution in [1.82, 2.24) is 9.88 Å². The highest BCUT2D eigenvalue weighted by Gasteiger charge is 2.15. The molecule has 0 atom stereocenters. The first kappa shape index (κ1) is 21.9. The number of rotatable bonds is 12. The van der Waals surface area contributed by atoms with Crippen LogP contribution < -0.4 is 5.32 Å². The number of unbranched alkanes of at least 4 members (excludes halogenated alkanes) is 3. The van der Waals surface area contributed by atoms with E-state index in [1.165, 1.54) is 32.2 Å². The normalized spacial score (nSPS) is 15.8. The van der Waals surface area contributed by atoms with Gasteiger partial charge in [-0.3, -0.25) is 4.98 Å². The first-order valence-electron chi connectivity index (χ1n) is 11.5. The standard InChI is InChI=1S/C27H32ClN3/c28-24-13-14-25-26(15-17-30-27(25)19-24)29-16-7-1-2-8-18-31(20-22-9-3-4-10-22)21-23-11-5-6-12-23/h3-6,9-15,17,19,22-23H,1-2,7-8,16,18,20-21H2,(H,29,30). The molecule has 31 heavy (non-hydrogen) atoms. The Morgan fingerprint density at radius 1 is 0.839 bits per heavy atom. The minimum Gasteiger partial charge on any atom is -0.384 e. The maximum Gasteiger partial charge on any atom is 0.0737 e. The highest BCUT2D eigenvalue weighted by atomic mass is 35.5. The van der Waals surface area contributed by atoms with Crippen LogP contribution in [0.1, 0.15) is 25.7 Å². The molecule has 0 bridgehead atoms. The SMILES string of the molecule is Clc1ccc2c(NCCCCCCN(CC3C=CC=C3)CC3C=CC=C3)ccnc2c1. The molecule has 162 valence electrons. The number of benzene rings is 1. The summed E-state index contributed by atoms with van der Waals surface area (Å²) >= 11 is 6.09. The van der Waals surface area contributed by atoms with Crippen LogP contribution in [0.3, 0.4) is 0 Å². The predicted molar refractivity (Wildman–Crippen MR) is 134 cm³/mol. The van der Waals surface area contributed by atoms with Crippen LogP contribution in [-0.4, -0.2) is 36.1 Å². The van der Waals surface area contributed by atoms with Gasteiger partial charge in [0.15, 0.2) is 0 Å². The van der Waals surface area contributed by atoms with E-state index in [2.05, 4.69) is 63.8 Å². The van der Waals surface area contributed by atoms with Gasteiger partial charge in [-0.2, -0.15) is 0 Å². The highest BCUT2D eigenvalue weighted by Crippen LogP contribution is 2.24. The fourth-order valence-electron chi connectivity index (χ4n) is 4.37. The van der Waals surface area contributed by atoms with E-state index in [4.69, 9.17) is 11.6 Å². The van der Waals surface area contributed by atoms with Gasteiger partial charge in [0, 0.05) is 53.8 Å². The topological polar surface area (TPSA) is 28.2 Å². The van der Waals surface area contributed by atoms with Crippen LogP contribution in [-0.2, 0) is 0 Å². The van der Waals surface area contributed by atoms with E-state index in [1.54, 1.807) is 0 Å². The fourth-order valence-corrected chi connectivity index (χ4v) is 4.53. The molecule has 2 aliphatic rings. The van der Waals surface area contributed by atoms with Crippen molar-refractivity contribution in [3.8, 4) is 0 Å². The molecule has 0 amide bonds. The van der Waals surface area contributed by atoms with E-state index in [-0.39, 0.29) is 0 Å². The molecular formula is C27H32ClN3. The van der Waals surface area contributed by atoms with Crippen molar-refractivity contribution in [2.45, 2.75) is 25.7 Å². The monoisotopic (exact) mass is 433 g/mol. The van der Waals surface area contributed by atoms with E-state index >= 15 is 0 Å². The van der Waals surface area contributed by atoms with E-state index in [0.717, 1.165) is 41.2 Å². The number of nitrogens with one attached hydrogen (secondary N) is 1. The van der Waals surface area contributed by atoms with Crippen LogP contribution in [0.5, 0.6) is 0 Å². The average molecular weight is 434 g/mol. The van der Waals surface area contributed by atoms with Crippen LogP contribution in [0.4, 0.5) is 5.69 Å². The summed E-state index contributed by atoms with van der Waals surface area (Å²) in [6, 6.07) is 7.94. The molecule has 4 rings (SSSR count). The lowest BCUT2D eigenvalue weighted by molar-refractivity contribution is 0.244. The predicted octanol–water partition coefficient (Wildman–Crippen LogP) is 6.65. The summed E-state index contributed by atoms with van der Waals surface area (Å²) in [6.45, 7) is 4.43. The third kappa shape index (κ3) is 6.56.